The van der Waals surface area contributed by atoms with E-state index < -0.39 is 0 Å². The Morgan fingerprint density at radius 3 is 2.71 bits per heavy atom. The van der Waals surface area contributed by atoms with Crippen LogP contribution in [0, 0.1) is 5.92 Å². The molecular formula is C23H33IN4. The number of nitrogens with one attached hydrogen (secondary N) is 1. The third kappa shape index (κ3) is 7.09. The maximum atomic E-state index is 6.10. The normalized spacial score (nSPS) is 17.5. The molecule has 28 heavy (non-hydrogen) atoms. The number of nitrogens with two attached hydrogens (primary N) is 1. The number of halogens is 1. The molecule has 1 aliphatic rings. The third-order valence-electron chi connectivity index (χ3n) is 5.28. The Labute approximate surface area is 186 Å². The van der Waals surface area contributed by atoms with E-state index in [1.165, 1.54) is 17.5 Å². The van der Waals surface area contributed by atoms with Gasteiger partial charge in [-0.25, -0.2) is 0 Å². The lowest BCUT2D eigenvalue weighted by molar-refractivity contribution is 0.330. The van der Waals surface area contributed by atoms with Gasteiger partial charge in [-0.05, 0) is 54.5 Å². The van der Waals surface area contributed by atoms with Crippen LogP contribution in [0.15, 0.2) is 59.6 Å². The Balaban J connectivity index is 0.00000280. The molecule has 152 valence electrons. The first-order chi connectivity index (χ1) is 13.1. The van der Waals surface area contributed by atoms with E-state index in [2.05, 4.69) is 77.6 Å². The topological polar surface area (TPSA) is 53.6 Å². The van der Waals surface area contributed by atoms with Gasteiger partial charge in [0.05, 0.1) is 0 Å². The molecule has 1 aliphatic heterocycles. The first-order valence-electron chi connectivity index (χ1n) is 10.0. The van der Waals surface area contributed by atoms with Crippen molar-refractivity contribution in [1.29, 1.82) is 0 Å². The van der Waals surface area contributed by atoms with Crippen LogP contribution < -0.4 is 11.1 Å². The molecule has 4 nitrogen and oxygen atoms in total. The van der Waals surface area contributed by atoms with Crippen LogP contribution in [0.4, 0.5) is 5.69 Å². The summed E-state index contributed by atoms with van der Waals surface area (Å²) < 4.78 is 0. The van der Waals surface area contributed by atoms with Gasteiger partial charge in [0, 0.05) is 25.3 Å². The monoisotopic (exact) mass is 492 g/mol. The van der Waals surface area contributed by atoms with E-state index in [0.29, 0.717) is 17.8 Å². The van der Waals surface area contributed by atoms with Crippen molar-refractivity contribution in [3.8, 4) is 0 Å². The van der Waals surface area contributed by atoms with E-state index in [1.807, 2.05) is 6.07 Å². The molecule has 5 heteroatoms. The van der Waals surface area contributed by atoms with E-state index in [-0.39, 0.29) is 24.0 Å². The molecular weight excluding hydrogens is 459 g/mol. The molecule has 2 aromatic rings. The number of hydrogen-bond donors (Lipinski definition) is 2. The summed E-state index contributed by atoms with van der Waals surface area (Å²) in [4.78, 5) is 7.13. The first kappa shape index (κ1) is 22.7. The average molecular weight is 492 g/mol. The summed E-state index contributed by atoms with van der Waals surface area (Å²) in [6.45, 7) is 8.59. The van der Waals surface area contributed by atoms with Crippen molar-refractivity contribution < 1.29 is 0 Å². The van der Waals surface area contributed by atoms with Crippen molar-refractivity contribution in [2.75, 3.05) is 31.5 Å². The molecule has 1 atom stereocenters. The molecule has 3 rings (SSSR count). The highest BCUT2D eigenvalue weighted by Gasteiger charge is 2.21. The van der Waals surface area contributed by atoms with E-state index in [1.54, 1.807) is 0 Å². The highest BCUT2D eigenvalue weighted by atomic mass is 127. The van der Waals surface area contributed by atoms with Gasteiger partial charge in [0.1, 0.15) is 0 Å². The average Bonchev–Trinajstić information content (AvgIpc) is 3.14. The number of hydrogen-bond acceptors (Lipinski definition) is 2. The maximum absolute atomic E-state index is 6.10. The maximum Gasteiger partial charge on any atom is 0.193 e. The molecule has 1 heterocycles. The van der Waals surface area contributed by atoms with Crippen LogP contribution in [0.5, 0.6) is 0 Å². The molecule has 0 radical (unpaired) electrons. The summed E-state index contributed by atoms with van der Waals surface area (Å²) in [7, 11) is 0. The second-order valence-electron chi connectivity index (χ2n) is 7.82. The van der Waals surface area contributed by atoms with Gasteiger partial charge in [0.25, 0.3) is 0 Å². The number of guanidine groups is 1. The van der Waals surface area contributed by atoms with Crippen molar-refractivity contribution in [3.63, 3.8) is 0 Å². The number of nitrogens with zero attached hydrogens (tertiary/aromatic N) is 2. The second kappa shape index (κ2) is 11.4. The molecule has 0 aromatic heterocycles. The van der Waals surface area contributed by atoms with E-state index in [4.69, 9.17) is 5.73 Å². The zero-order valence-corrected chi connectivity index (χ0v) is 19.3. The van der Waals surface area contributed by atoms with Crippen LogP contribution in [0.2, 0.25) is 0 Å². The van der Waals surface area contributed by atoms with Gasteiger partial charge in [-0.2, -0.15) is 0 Å². The van der Waals surface area contributed by atoms with Gasteiger partial charge < -0.3 is 16.0 Å². The Morgan fingerprint density at radius 1 is 1.18 bits per heavy atom. The summed E-state index contributed by atoms with van der Waals surface area (Å²) >= 11 is 0. The molecule has 0 spiro atoms. The zero-order valence-electron chi connectivity index (χ0n) is 17.0. The van der Waals surface area contributed by atoms with Gasteiger partial charge in [-0.1, -0.05) is 56.3 Å². The SMILES string of the molecule is CC(C)c1cccc(NC(N)=NCC2CCN(CCc3ccccc3)C2)c1.I. The molecule has 1 unspecified atom stereocenters. The van der Waals surface area contributed by atoms with Gasteiger partial charge in [-0.15, -0.1) is 24.0 Å². The number of rotatable bonds is 7. The lowest BCUT2D eigenvalue weighted by Gasteiger charge is -2.15. The molecule has 3 N–H and O–H groups in total. The van der Waals surface area contributed by atoms with E-state index in [0.717, 1.165) is 38.3 Å². The number of anilines is 1. The standard InChI is InChI=1S/C23H32N4.HI/c1-18(2)21-9-6-10-22(15-21)26-23(24)25-16-20-12-14-27(17-20)13-11-19-7-4-3-5-8-19;/h3-10,15,18,20H,11-14,16-17H2,1-2H3,(H3,24,25,26);1H. The highest BCUT2D eigenvalue weighted by molar-refractivity contribution is 14.0. The molecule has 1 saturated heterocycles. The third-order valence-corrected chi connectivity index (χ3v) is 5.28. The van der Waals surface area contributed by atoms with Crippen molar-refractivity contribution in [2.24, 2.45) is 16.6 Å². The number of aliphatic imine (C=N–C) groups is 1. The Kier molecular flexibility index (Phi) is 9.25. The quantitative estimate of drug-likeness (QED) is 0.334. The van der Waals surface area contributed by atoms with Crippen molar-refractivity contribution >= 4 is 35.6 Å². The van der Waals surface area contributed by atoms with Gasteiger partial charge >= 0.3 is 0 Å². The minimum atomic E-state index is 0. The lowest BCUT2D eigenvalue weighted by Crippen LogP contribution is -2.26. The van der Waals surface area contributed by atoms with Crippen LogP contribution in [-0.4, -0.2) is 37.0 Å². The predicted molar refractivity (Wildman–Crippen MR) is 131 cm³/mol. The fourth-order valence-corrected chi connectivity index (χ4v) is 3.59. The minimum Gasteiger partial charge on any atom is -0.370 e. The Bertz CT molecular complexity index is 745. The summed E-state index contributed by atoms with van der Waals surface area (Å²) in [5.41, 5.74) is 9.83. The predicted octanol–water partition coefficient (Wildman–Crippen LogP) is 4.72. The van der Waals surface area contributed by atoms with Crippen LogP contribution in [0.3, 0.4) is 0 Å². The molecule has 2 aromatic carbocycles. The number of likely N-dealkylation sites (tertiary alicyclic amines) is 1. The fraction of sp³-hybridized carbons (Fsp3) is 0.435. The zero-order chi connectivity index (χ0) is 19.1. The largest absolute Gasteiger partial charge is 0.370 e. The summed E-state index contributed by atoms with van der Waals surface area (Å²) in [6.07, 6.45) is 2.32. The molecule has 0 amide bonds. The van der Waals surface area contributed by atoms with Crippen molar-refractivity contribution in [3.05, 3.63) is 65.7 Å². The Morgan fingerprint density at radius 2 is 1.96 bits per heavy atom. The smallest absolute Gasteiger partial charge is 0.193 e. The first-order valence-corrected chi connectivity index (χ1v) is 10.0. The molecule has 0 aliphatic carbocycles. The van der Waals surface area contributed by atoms with Crippen molar-refractivity contribution in [2.45, 2.75) is 32.6 Å². The van der Waals surface area contributed by atoms with Crippen molar-refractivity contribution in [1.82, 2.24) is 4.90 Å². The van der Waals surface area contributed by atoms with Crippen LogP contribution in [-0.2, 0) is 6.42 Å². The van der Waals surface area contributed by atoms with E-state index in [9.17, 15) is 0 Å². The van der Waals surface area contributed by atoms with Gasteiger partial charge in [-0.3, -0.25) is 4.99 Å². The second-order valence-corrected chi connectivity index (χ2v) is 7.82. The highest BCUT2D eigenvalue weighted by Crippen LogP contribution is 2.19. The molecule has 0 saturated carbocycles. The van der Waals surface area contributed by atoms with Crippen LogP contribution in [0.25, 0.3) is 0 Å². The van der Waals surface area contributed by atoms with Crippen LogP contribution >= 0.6 is 24.0 Å². The Hall–Kier alpha value is -1.60. The molecule has 1 fully saturated rings. The summed E-state index contributed by atoms with van der Waals surface area (Å²) in [5.74, 6) is 1.62. The van der Waals surface area contributed by atoms with Gasteiger partial charge in [0.15, 0.2) is 5.96 Å². The minimum absolute atomic E-state index is 0. The summed E-state index contributed by atoms with van der Waals surface area (Å²) in [6, 6.07) is 19.1. The van der Waals surface area contributed by atoms with Crippen LogP contribution in [0.1, 0.15) is 37.3 Å². The molecule has 0 bridgehead atoms. The summed E-state index contributed by atoms with van der Waals surface area (Å²) in [5, 5.41) is 3.23. The number of benzene rings is 2. The fourth-order valence-electron chi connectivity index (χ4n) is 3.59. The van der Waals surface area contributed by atoms with Gasteiger partial charge in [0.2, 0.25) is 0 Å². The lowest BCUT2D eigenvalue weighted by atomic mass is 10.0. The van der Waals surface area contributed by atoms with E-state index >= 15 is 0 Å².